The third-order valence-corrected chi connectivity index (χ3v) is 3.69. The van der Waals surface area contributed by atoms with Crippen LogP contribution in [0, 0.1) is 0 Å². The number of rotatable bonds is 4. The van der Waals surface area contributed by atoms with Crippen LogP contribution in [0.3, 0.4) is 0 Å². The SMILES string of the molecule is COC(=O)c1ccc(CNC2CCN(C)CC2)cc1. The van der Waals surface area contributed by atoms with Crippen LogP contribution in [0.15, 0.2) is 24.3 Å². The normalized spacial score (nSPS) is 17.4. The number of hydrogen-bond acceptors (Lipinski definition) is 4. The van der Waals surface area contributed by atoms with Crippen LogP contribution in [-0.4, -0.2) is 44.2 Å². The number of carbonyl (C=O) groups is 1. The minimum atomic E-state index is -0.283. The highest BCUT2D eigenvalue weighted by Gasteiger charge is 2.15. The number of nitrogens with one attached hydrogen (secondary N) is 1. The molecule has 0 aromatic heterocycles. The molecule has 0 atom stereocenters. The molecule has 4 nitrogen and oxygen atoms in total. The summed E-state index contributed by atoms with van der Waals surface area (Å²) in [4.78, 5) is 13.7. The van der Waals surface area contributed by atoms with E-state index in [-0.39, 0.29) is 5.97 Å². The predicted molar refractivity (Wildman–Crippen MR) is 75.1 cm³/mol. The lowest BCUT2D eigenvalue weighted by Crippen LogP contribution is -2.40. The molecule has 0 saturated carbocycles. The molecule has 1 N–H and O–H groups in total. The molecular formula is C15H22N2O2. The largest absolute Gasteiger partial charge is 0.465 e. The number of piperidine rings is 1. The van der Waals surface area contributed by atoms with Gasteiger partial charge in [0.05, 0.1) is 12.7 Å². The molecule has 1 aromatic rings. The fraction of sp³-hybridized carbons (Fsp3) is 0.533. The van der Waals surface area contributed by atoms with Crippen LogP contribution in [0.25, 0.3) is 0 Å². The van der Waals surface area contributed by atoms with Crippen LogP contribution in [-0.2, 0) is 11.3 Å². The van der Waals surface area contributed by atoms with E-state index in [1.165, 1.54) is 38.6 Å². The van der Waals surface area contributed by atoms with E-state index in [1.807, 2.05) is 24.3 Å². The lowest BCUT2D eigenvalue weighted by Gasteiger charge is -2.29. The van der Waals surface area contributed by atoms with Crippen molar-refractivity contribution in [1.82, 2.24) is 10.2 Å². The molecule has 1 aliphatic heterocycles. The van der Waals surface area contributed by atoms with Crippen LogP contribution in [0.5, 0.6) is 0 Å². The molecule has 1 heterocycles. The quantitative estimate of drug-likeness (QED) is 0.838. The lowest BCUT2D eigenvalue weighted by molar-refractivity contribution is 0.0600. The third kappa shape index (κ3) is 4.04. The first-order chi connectivity index (χ1) is 9.19. The second kappa shape index (κ2) is 6.68. The van der Waals surface area contributed by atoms with Gasteiger partial charge in [-0.15, -0.1) is 0 Å². The van der Waals surface area contributed by atoms with E-state index in [0.717, 1.165) is 6.54 Å². The molecule has 0 unspecified atom stereocenters. The van der Waals surface area contributed by atoms with Gasteiger partial charge >= 0.3 is 5.97 Å². The maximum Gasteiger partial charge on any atom is 0.337 e. The van der Waals surface area contributed by atoms with Gasteiger partial charge in [0.25, 0.3) is 0 Å². The molecule has 2 rings (SSSR count). The Kier molecular flexibility index (Phi) is 4.93. The summed E-state index contributed by atoms with van der Waals surface area (Å²) < 4.78 is 4.68. The zero-order valence-electron chi connectivity index (χ0n) is 11.7. The van der Waals surface area contributed by atoms with Gasteiger partial charge in [-0.3, -0.25) is 0 Å². The fourth-order valence-corrected chi connectivity index (χ4v) is 2.35. The Hall–Kier alpha value is -1.39. The number of methoxy groups -OCH3 is 1. The van der Waals surface area contributed by atoms with Gasteiger partial charge in [-0.05, 0) is 50.7 Å². The zero-order valence-corrected chi connectivity index (χ0v) is 11.7. The Bertz CT molecular complexity index is 409. The van der Waals surface area contributed by atoms with Crippen LogP contribution in [0.4, 0.5) is 0 Å². The van der Waals surface area contributed by atoms with Crippen molar-refractivity contribution < 1.29 is 9.53 Å². The highest BCUT2D eigenvalue weighted by Crippen LogP contribution is 2.10. The summed E-state index contributed by atoms with van der Waals surface area (Å²) in [7, 11) is 3.57. The smallest absolute Gasteiger partial charge is 0.337 e. The molecule has 4 heteroatoms. The van der Waals surface area contributed by atoms with E-state index in [2.05, 4.69) is 22.0 Å². The van der Waals surface area contributed by atoms with E-state index >= 15 is 0 Å². The van der Waals surface area contributed by atoms with E-state index in [0.29, 0.717) is 11.6 Å². The summed E-state index contributed by atoms with van der Waals surface area (Å²) >= 11 is 0. The number of esters is 1. The minimum absolute atomic E-state index is 0.283. The molecule has 0 aliphatic carbocycles. The average molecular weight is 262 g/mol. The number of benzene rings is 1. The molecule has 1 saturated heterocycles. The first-order valence-electron chi connectivity index (χ1n) is 6.78. The number of ether oxygens (including phenoxy) is 1. The first-order valence-corrected chi connectivity index (χ1v) is 6.78. The third-order valence-electron chi connectivity index (χ3n) is 3.69. The number of hydrogen-bond donors (Lipinski definition) is 1. The highest BCUT2D eigenvalue weighted by molar-refractivity contribution is 5.89. The number of carbonyl (C=O) groups excluding carboxylic acids is 1. The maximum atomic E-state index is 11.3. The first kappa shape index (κ1) is 14.0. The summed E-state index contributed by atoms with van der Waals surface area (Å²) in [6, 6.07) is 8.20. The molecule has 0 amide bonds. The van der Waals surface area contributed by atoms with Crippen molar-refractivity contribution in [3.63, 3.8) is 0 Å². The highest BCUT2D eigenvalue weighted by atomic mass is 16.5. The number of nitrogens with zero attached hydrogens (tertiary/aromatic N) is 1. The Labute approximate surface area is 114 Å². The molecular weight excluding hydrogens is 240 g/mol. The Morgan fingerprint density at radius 2 is 1.95 bits per heavy atom. The van der Waals surface area contributed by atoms with E-state index in [4.69, 9.17) is 0 Å². The topological polar surface area (TPSA) is 41.6 Å². The Balaban J connectivity index is 1.81. The van der Waals surface area contributed by atoms with Crippen molar-refractivity contribution in [2.24, 2.45) is 0 Å². The second-order valence-electron chi connectivity index (χ2n) is 5.15. The summed E-state index contributed by atoms with van der Waals surface area (Å²) in [6.45, 7) is 3.19. The van der Waals surface area contributed by atoms with Gasteiger partial charge in [-0.25, -0.2) is 4.79 Å². The molecule has 0 radical (unpaired) electrons. The lowest BCUT2D eigenvalue weighted by atomic mass is 10.0. The molecule has 1 aromatic carbocycles. The van der Waals surface area contributed by atoms with Gasteiger partial charge in [-0.2, -0.15) is 0 Å². The van der Waals surface area contributed by atoms with Crippen molar-refractivity contribution in [1.29, 1.82) is 0 Å². The van der Waals surface area contributed by atoms with Gasteiger partial charge in [0, 0.05) is 12.6 Å². The summed E-state index contributed by atoms with van der Waals surface area (Å²) in [6.07, 6.45) is 2.41. The van der Waals surface area contributed by atoms with Gasteiger partial charge < -0.3 is 15.0 Å². The van der Waals surface area contributed by atoms with Crippen molar-refractivity contribution in [3.05, 3.63) is 35.4 Å². The predicted octanol–water partition coefficient (Wildman–Crippen LogP) is 1.66. The van der Waals surface area contributed by atoms with Gasteiger partial charge in [0.15, 0.2) is 0 Å². The number of likely N-dealkylation sites (tertiary alicyclic amines) is 1. The molecule has 1 fully saturated rings. The van der Waals surface area contributed by atoms with Crippen LogP contribution >= 0.6 is 0 Å². The van der Waals surface area contributed by atoms with Crippen LogP contribution in [0.1, 0.15) is 28.8 Å². The summed E-state index contributed by atoms with van der Waals surface area (Å²) in [5.74, 6) is -0.283. The van der Waals surface area contributed by atoms with Gasteiger partial charge in [0.2, 0.25) is 0 Å². The summed E-state index contributed by atoms with van der Waals surface area (Å²) in [5, 5.41) is 3.58. The van der Waals surface area contributed by atoms with Crippen molar-refractivity contribution >= 4 is 5.97 Å². The molecule has 19 heavy (non-hydrogen) atoms. The van der Waals surface area contributed by atoms with E-state index < -0.39 is 0 Å². The standard InChI is InChI=1S/C15H22N2O2/c1-17-9-7-14(8-10-17)16-11-12-3-5-13(6-4-12)15(18)19-2/h3-6,14,16H,7-11H2,1-2H3. The molecule has 0 spiro atoms. The molecule has 104 valence electrons. The molecule has 1 aliphatic rings. The monoisotopic (exact) mass is 262 g/mol. The minimum Gasteiger partial charge on any atom is -0.465 e. The van der Waals surface area contributed by atoms with Crippen LogP contribution < -0.4 is 5.32 Å². The van der Waals surface area contributed by atoms with Gasteiger partial charge in [0.1, 0.15) is 0 Å². The van der Waals surface area contributed by atoms with Crippen LogP contribution in [0.2, 0.25) is 0 Å². The summed E-state index contributed by atoms with van der Waals surface area (Å²) in [5.41, 5.74) is 1.80. The average Bonchev–Trinajstić information content (AvgIpc) is 2.46. The Morgan fingerprint density at radius 3 is 2.53 bits per heavy atom. The van der Waals surface area contributed by atoms with Crippen molar-refractivity contribution in [2.45, 2.75) is 25.4 Å². The second-order valence-corrected chi connectivity index (χ2v) is 5.15. The van der Waals surface area contributed by atoms with Gasteiger partial charge in [-0.1, -0.05) is 12.1 Å². The van der Waals surface area contributed by atoms with E-state index in [9.17, 15) is 4.79 Å². The zero-order chi connectivity index (χ0) is 13.7. The Morgan fingerprint density at radius 1 is 1.32 bits per heavy atom. The fourth-order valence-electron chi connectivity index (χ4n) is 2.35. The van der Waals surface area contributed by atoms with E-state index in [1.54, 1.807) is 0 Å². The van der Waals surface area contributed by atoms with Crippen molar-refractivity contribution in [2.75, 3.05) is 27.2 Å². The molecule has 0 bridgehead atoms. The van der Waals surface area contributed by atoms with Crippen molar-refractivity contribution in [3.8, 4) is 0 Å². The maximum absolute atomic E-state index is 11.3.